The Morgan fingerprint density at radius 3 is 2.48 bits per heavy atom. The molecule has 2 aromatic heterocycles. The molecule has 168 valence electrons. The Hall–Kier alpha value is -3.58. The molecule has 1 N–H and O–H groups in total. The topological polar surface area (TPSA) is 76.3 Å². The number of benzene rings is 2. The van der Waals surface area contributed by atoms with Crippen LogP contribution in [0.5, 0.6) is 0 Å². The Bertz CT molecular complexity index is 1380. The van der Waals surface area contributed by atoms with Crippen molar-refractivity contribution in [2.24, 2.45) is 5.10 Å². The second-order valence-corrected chi connectivity index (χ2v) is 10.1. The van der Waals surface area contributed by atoms with Crippen LogP contribution >= 0.6 is 11.3 Å². The number of aryl methyl sites for hydroxylation is 1. The molecule has 6 nitrogen and oxygen atoms in total. The zero-order valence-electron chi connectivity index (χ0n) is 19.1. The first kappa shape index (κ1) is 22.6. The summed E-state index contributed by atoms with van der Waals surface area (Å²) in [5.74, 6) is -0.394. The second kappa shape index (κ2) is 9.11. The van der Waals surface area contributed by atoms with Crippen molar-refractivity contribution in [1.29, 1.82) is 0 Å². The molecule has 2 heterocycles. The van der Waals surface area contributed by atoms with Gasteiger partial charge in [0.1, 0.15) is 11.4 Å². The molecule has 0 saturated carbocycles. The summed E-state index contributed by atoms with van der Waals surface area (Å²) in [6, 6.07) is 17.8. The van der Waals surface area contributed by atoms with Crippen molar-refractivity contribution in [3.05, 3.63) is 87.3 Å². The molecule has 0 bridgehead atoms. The molecule has 0 fully saturated rings. The van der Waals surface area contributed by atoms with E-state index in [0.717, 1.165) is 21.6 Å². The minimum absolute atomic E-state index is 0.0770. The van der Waals surface area contributed by atoms with Gasteiger partial charge >= 0.3 is 0 Å². The third-order valence-corrected chi connectivity index (χ3v) is 6.42. The smallest absolute Gasteiger partial charge is 0.263 e. The molecule has 0 aliphatic heterocycles. The van der Waals surface area contributed by atoms with Crippen LogP contribution in [-0.2, 0) is 16.8 Å². The van der Waals surface area contributed by atoms with Gasteiger partial charge in [-0.25, -0.2) is 10.4 Å². The van der Waals surface area contributed by atoms with E-state index in [2.05, 4.69) is 48.4 Å². The van der Waals surface area contributed by atoms with Crippen LogP contribution < -0.4 is 11.0 Å². The highest BCUT2D eigenvalue weighted by Crippen LogP contribution is 2.35. The van der Waals surface area contributed by atoms with E-state index >= 15 is 0 Å². The van der Waals surface area contributed by atoms with Gasteiger partial charge in [-0.05, 0) is 29.0 Å². The first-order chi connectivity index (χ1) is 15.7. The summed E-state index contributed by atoms with van der Waals surface area (Å²) < 4.78 is 1.32. The van der Waals surface area contributed by atoms with Crippen LogP contribution in [0.25, 0.3) is 21.3 Å². The number of thiophene rings is 1. The fourth-order valence-corrected chi connectivity index (χ4v) is 4.64. The van der Waals surface area contributed by atoms with Gasteiger partial charge in [0, 0.05) is 10.4 Å². The SMILES string of the molecule is Cc1sc2ncn(CC(=O)N/N=C/c3ccc(C(C)(C)C)cc3)c(=O)c2c1-c1ccccc1. The van der Waals surface area contributed by atoms with Gasteiger partial charge in [-0.1, -0.05) is 75.4 Å². The van der Waals surface area contributed by atoms with Crippen LogP contribution in [0, 0.1) is 6.92 Å². The van der Waals surface area contributed by atoms with E-state index in [9.17, 15) is 9.59 Å². The normalized spacial score (nSPS) is 11.9. The van der Waals surface area contributed by atoms with Gasteiger partial charge in [0.15, 0.2) is 0 Å². The molecule has 4 rings (SSSR count). The molecule has 0 aliphatic rings. The third-order valence-electron chi connectivity index (χ3n) is 5.41. The minimum Gasteiger partial charge on any atom is -0.289 e. The standard InChI is InChI=1S/C26H26N4O2S/c1-17-22(19-8-6-5-7-9-19)23-24(33-17)27-16-30(25(23)32)15-21(31)29-28-14-18-10-12-20(13-11-18)26(2,3)4/h5-14,16H,15H2,1-4H3,(H,29,31)/b28-14+. The van der Waals surface area contributed by atoms with E-state index < -0.39 is 5.91 Å². The van der Waals surface area contributed by atoms with Crippen molar-refractivity contribution < 1.29 is 4.79 Å². The Morgan fingerprint density at radius 1 is 1.12 bits per heavy atom. The molecule has 0 radical (unpaired) electrons. The Morgan fingerprint density at radius 2 is 1.82 bits per heavy atom. The second-order valence-electron chi connectivity index (χ2n) is 8.92. The minimum atomic E-state index is -0.394. The molecule has 33 heavy (non-hydrogen) atoms. The largest absolute Gasteiger partial charge is 0.289 e. The number of hydrogen-bond acceptors (Lipinski definition) is 5. The van der Waals surface area contributed by atoms with E-state index in [0.29, 0.717) is 10.2 Å². The zero-order valence-corrected chi connectivity index (χ0v) is 19.9. The summed E-state index contributed by atoms with van der Waals surface area (Å²) in [6.07, 6.45) is 3.01. The zero-order chi connectivity index (χ0) is 23.6. The highest BCUT2D eigenvalue weighted by Gasteiger charge is 2.17. The fraction of sp³-hybridized carbons (Fsp3) is 0.231. The van der Waals surface area contributed by atoms with Crippen molar-refractivity contribution in [2.45, 2.75) is 39.7 Å². The van der Waals surface area contributed by atoms with Crippen molar-refractivity contribution in [1.82, 2.24) is 15.0 Å². The molecule has 0 spiro atoms. The average molecular weight is 459 g/mol. The van der Waals surface area contributed by atoms with Gasteiger partial charge in [0.05, 0.1) is 17.9 Å². The highest BCUT2D eigenvalue weighted by molar-refractivity contribution is 7.19. The highest BCUT2D eigenvalue weighted by atomic mass is 32.1. The number of hydrogen-bond donors (Lipinski definition) is 1. The summed E-state index contributed by atoms with van der Waals surface area (Å²) in [5.41, 5.74) is 6.28. The number of carbonyl (C=O) groups excluding carboxylic acids is 1. The maximum atomic E-state index is 13.2. The quantitative estimate of drug-likeness (QED) is 0.342. The summed E-state index contributed by atoms with van der Waals surface area (Å²) in [7, 11) is 0. The summed E-state index contributed by atoms with van der Waals surface area (Å²) in [4.78, 5) is 31.7. The van der Waals surface area contributed by atoms with Crippen molar-refractivity contribution in [3.63, 3.8) is 0 Å². The van der Waals surface area contributed by atoms with Crippen LogP contribution in [-0.4, -0.2) is 21.7 Å². The average Bonchev–Trinajstić information content (AvgIpc) is 3.13. The fourth-order valence-electron chi connectivity index (χ4n) is 3.64. The van der Waals surface area contributed by atoms with E-state index in [1.807, 2.05) is 49.4 Å². The molecule has 0 atom stereocenters. The number of nitrogens with one attached hydrogen (secondary N) is 1. The molecule has 0 saturated heterocycles. The Kier molecular flexibility index (Phi) is 6.24. The molecule has 4 aromatic rings. The van der Waals surface area contributed by atoms with E-state index in [1.165, 1.54) is 27.8 Å². The summed E-state index contributed by atoms with van der Waals surface area (Å²) in [5, 5.41) is 4.58. The molecule has 0 unspecified atom stereocenters. The maximum Gasteiger partial charge on any atom is 0.263 e. The number of amides is 1. The Balaban J connectivity index is 1.51. The van der Waals surface area contributed by atoms with E-state index in [-0.39, 0.29) is 17.5 Å². The lowest BCUT2D eigenvalue weighted by atomic mass is 9.87. The molecule has 7 heteroatoms. The van der Waals surface area contributed by atoms with E-state index in [4.69, 9.17) is 0 Å². The van der Waals surface area contributed by atoms with Crippen LogP contribution in [0.2, 0.25) is 0 Å². The van der Waals surface area contributed by atoms with Crippen molar-refractivity contribution >= 4 is 33.7 Å². The van der Waals surface area contributed by atoms with Gasteiger partial charge in [-0.2, -0.15) is 5.10 Å². The van der Waals surface area contributed by atoms with Crippen LogP contribution in [0.15, 0.2) is 70.8 Å². The molecular weight excluding hydrogens is 432 g/mol. The first-order valence-electron chi connectivity index (χ1n) is 10.7. The number of fused-ring (bicyclic) bond motifs is 1. The molecular formula is C26H26N4O2S. The predicted molar refractivity (Wildman–Crippen MR) is 135 cm³/mol. The number of hydrazone groups is 1. The lowest BCUT2D eigenvalue weighted by Crippen LogP contribution is -2.30. The van der Waals surface area contributed by atoms with Crippen LogP contribution in [0.3, 0.4) is 0 Å². The van der Waals surface area contributed by atoms with Crippen LogP contribution in [0.1, 0.15) is 36.8 Å². The molecule has 2 aromatic carbocycles. The lowest BCUT2D eigenvalue weighted by Gasteiger charge is -2.18. The van der Waals surface area contributed by atoms with Gasteiger partial charge in [-0.15, -0.1) is 11.3 Å². The number of carbonyl (C=O) groups is 1. The Labute approximate surface area is 196 Å². The van der Waals surface area contributed by atoms with Gasteiger partial charge < -0.3 is 0 Å². The lowest BCUT2D eigenvalue weighted by molar-refractivity contribution is -0.121. The van der Waals surface area contributed by atoms with Crippen molar-refractivity contribution in [2.75, 3.05) is 0 Å². The van der Waals surface area contributed by atoms with E-state index in [1.54, 1.807) is 6.21 Å². The summed E-state index contributed by atoms with van der Waals surface area (Å²) >= 11 is 1.48. The molecule has 1 amide bonds. The van der Waals surface area contributed by atoms with Crippen molar-refractivity contribution in [3.8, 4) is 11.1 Å². The third kappa shape index (κ3) is 4.93. The predicted octanol–water partition coefficient (Wildman–Crippen LogP) is 4.88. The van der Waals surface area contributed by atoms with Crippen LogP contribution in [0.4, 0.5) is 0 Å². The number of nitrogens with zero attached hydrogens (tertiary/aromatic N) is 3. The first-order valence-corrected chi connectivity index (χ1v) is 11.5. The molecule has 0 aliphatic carbocycles. The maximum absolute atomic E-state index is 13.2. The van der Waals surface area contributed by atoms with Gasteiger partial charge in [-0.3, -0.25) is 14.2 Å². The number of aromatic nitrogens is 2. The monoisotopic (exact) mass is 458 g/mol. The number of rotatable bonds is 5. The van der Waals surface area contributed by atoms with Gasteiger partial charge in [0.2, 0.25) is 0 Å². The summed E-state index contributed by atoms with van der Waals surface area (Å²) in [6.45, 7) is 8.29. The van der Waals surface area contributed by atoms with Gasteiger partial charge in [0.25, 0.3) is 11.5 Å².